The molecule has 1 nitrogen and oxygen atoms in total. The second-order valence-corrected chi connectivity index (χ2v) is 4.68. The number of hydrogen-bond donors (Lipinski definition) is 0. The van der Waals surface area contributed by atoms with E-state index < -0.39 is 0 Å². The summed E-state index contributed by atoms with van der Waals surface area (Å²) in [5, 5.41) is 0. The molecule has 1 aromatic heterocycles. The van der Waals surface area contributed by atoms with Gasteiger partial charge in [0.05, 0.1) is 0 Å². The maximum Gasteiger partial charge on any atom is 0.0372 e. The van der Waals surface area contributed by atoms with Crippen molar-refractivity contribution in [2.45, 2.75) is 52.4 Å². The van der Waals surface area contributed by atoms with E-state index in [0.717, 1.165) is 5.69 Å². The van der Waals surface area contributed by atoms with Gasteiger partial charge in [0.15, 0.2) is 0 Å². The van der Waals surface area contributed by atoms with Crippen molar-refractivity contribution in [3.05, 3.63) is 41.7 Å². The van der Waals surface area contributed by atoms with Crippen LogP contribution >= 0.6 is 0 Å². The maximum atomic E-state index is 4.31. The van der Waals surface area contributed by atoms with Crippen molar-refractivity contribution in [1.82, 2.24) is 4.98 Å². The molecule has 0 N–H and O–H groups in total. The first-order valence-corrected chi connectivity index (χ1v) is 6.24. The van der Waals surface area contributed by atoms with E-state index in [-0.39, 0.29) is 0 Å². The molecule has 0 amide bonds. The van der Waals surface area contributed by atoms with Gasteiger partial charge in [0.1, 0.15) is 0 Å². The van der Waals surface area contributed by atoms with Crippen LogP contribution in [0.15, 0.2) is 30.5 Å². The Balaban J connectivity index is 2.07. The average molecular weight is 217 g/mol. The predicted octanol–water partition coefficient (Wildman–Crippen LogP) is 4.46. The average Bonchev–Trinajstić information content (AvgIpc) is 2.25. The molecule has 1 aromatic rings. The number of aromatic nitrogens is 1. The molecule has 0 saturated carbocycles. The zero-order valence-electron chi connectivity index (χ0n) is 10.6. The highest BCUT2D eigenvalue weighted by Crippen LogP contribution is 2.10. The highest BCUT2D eigenvalue weighted by atomic mass is 14.6. The van der Waals surface area contributed by atoms with Crippen LogP contribution in [0, 0.1) is 6.92 Å². The van der Waals surface area contributed by atoms with E-state index in [4.69, 9.17) is 0 Å². The summed E-state index contributed by atoms with van der Waals surface area (Å²) in [5.74, 6) is 0. The summed E-state index contributed by atoms with van der Waals surface area (Å²) in [7, 11) is 0. The van der Waals surface area contributed by atoms with Gasteiger partial charge in [0.2, 0.25) is 0 Å². The number of pyridine rings is 1. The molecule has 16 heavy (non-hydrogen) atoms. The van der Waals surface area contributed by atoms with Crippen LogP contribution in [-0.2, 0) is 6.42 Å². The summed E-state index contributed by atoms with van der Waals surface area (Å²) >= 11 is 0. The Bertz CT molecular complexity index is 311. The number of unbranched alkanes of at least 4 members (excludes halogenated alkanes) is 3. The van der Waals surface area contributed by atoms with Crippen LogP contribution in [0.1, 0.15) is 50.3 Å². The Morgan fingerprint density at radius 2 is 1.94 bits per heavy atom. The lowest BCUT2D eigenvalue weighted by Crippen LogP contribution is -1.89. The number of hydrogen-bond acceptors (Lipinski definition) is 1. The third-order valence-corrected chi connectivity index (χ3v) is 2.79. The molecular formula is C15H23N. The number of rotatable bonds is 7. The van der Waals surface area contributed by atoms with Crippen LogP contribution in [0.4, 0.5) is 0 Å². The Morgan fingerprint density at radius 3 is 2.56 bits per heavy atom. The van der Waals surface area contributed by atoms with Gasteiger partial charge in [-0.3, -0.25) is 4.98 Å². The third kappa shape index (κ3) is 5.69. The van der Waals surface area contributed by atoms with Crippen LogP contribution in [0.5, 0.6) is 0 Å². The van der Waals surface area contributed by atoms with Crippen molar-refractivity contribution >= 4 is 0 Å². The fourth-order valence-corrected chi connectivity index (χ4v) is 1.76. The summed E-state index contributed by atoms with van der Waals surface area (Å²) in [6, 6.07) is 4.28. The van der Waals surface area contributed by atoms with E-state index in [2.05, 4.69) is 30.6 Å². The van der Waals surface area contributed by atoms with E-state index in [9.17, 15) is 0 Å². The van der Waals surface area contributed by atoms with E-state index in [1.54, 1.807) is 0 Å². The molecule has 88 valence electrons. The van der Waals surface area contributed by atoms with Crippen molar-refractivity contribution in [2.24, 2.45) is 0 Å². The van der Waals surface area contributed by atoms with Gasteiger partial charge in [-0.15, -0.1) is 6.58 Å². The zero-order chi connectivity index (χ0) is 11.8. The summed E-state index contributed by atoms with van der Waals surface area (Å²) in [6.45, 7) is 8.06. The van der Waals surface area contributed by atoms with Gasteiger partial charge in [0, 0.05) is 11.9 Å². The van der Waals surface area contributed by atoms with Crippen molar-refractivity contribution in [3.63, 3.8) is 0 Å². The Morgan fingerprint density at radius 1 is 1.19 bits per heavy atom. The topological polar surface area (TPSA) is 12.9 Å². The van der Waals surface area contributed by atoms with Crippen molar-refractivity contribution in [1.29, 1.82) is 0 Å². The molecule has 0 spiro atoms. The number of allylic oxidation sites excluding steroid dienone is 1. The molecular weight excluding hydrogens is 194 g/mol. The normalized spacial score (nSPS) is 10.4. The molecule has 0 saturated heterocycles. The SMILES string of the molecule is C=C(C)CCCCCCc1ccc(C)nc1. The van der Waals surface area contributed by atoms with Gasteiger partial charge < -0.3 is 0 Å². The molecule has 1 heteroatoms. The molecule has 0 aliphatic rings. The minimum absolute atomic E-state index is 1.10. The van der Waals surface area contributed by atoms with Gasteiger partial charge in [-0.1, -0.05) is 24.5 Å². The lowest BCUT2D eigenvalue weighted by Gasteiger charge is -2.02. The molecule has 0 atom stereocenters. The summed E-state index contributed by atoms with van der Waals surface area (Å²) in [5.41, 5.74) is 3.78. The van der Waals surface area contributed by atoms with E-state index in [0.29, 0.717) is 0 Å². The van der Waals surface area contributed by atoms with Crippen LogP contribution in [0.2, 0.25) is 0 Å². The standard InChI is InChI=1S/C15H23N/c1-13(2)8-6-4-5-7-9-15-11-10-14(3)16-12-15/h10-12H,1,4-9H2,2-3H3. The molecule has 1 heterocycles. The molecule has 0 bridgehead atoms. The van der Waals surface area contributed by atoms with Crippen molar-refractivity contribution < 1.29 is 0 Å². The molecule has 0 fully saturated rings. The van der Waals surface area contributed by atoms with Crippen LogP contribution in [0.3, 0.4) is 0 Å². The Labute approximate surface area is 99.6 Å². The summed E-state index contributed by atoms with van der Waals surface area (Å²) < 4.78 is 0. The van der Waals surface area contributed by atoms with Gasteiger partial charge in [0.25, 0.3) is 0 Å². The number of nitrogens with zero attached hydrogens (tertiary/aromatic N) is 1. The van der Waals surface area contributed by atoms with Gasteiger partial charge in [-0.25, -0.2) is 0 Å². The Hall–Kier alpha value is -1.11. The Kier molecular flexibility index (Phi) is 5.84. The minimum Gasteiger partial charge on any atom is -0.261 e. The quantitative estimate of drug-likeness (QED) is 0.485. The second kappa shape index (κ2) is 7.21. The molecule has 0 aromatic carbocycles. The number of aryl methyl sites for hydroxylation is 2. The molecule has 0 aliphatic carbocycles. The smallest absolute Gasteiger partial charge is 0.0372 e. The highest BCUT2D eigenvalue weighted by molar-refractivity contribution is 5.12. The summed E-state index contributed by atoms with van der Waals surface area (Å²) in [6.07, 6.45) is 9.57. The maximum absolute atomic E-state index is 4.31. The van der Waals surface area contributed by atoms with Crippen LogP contribution in [0.25, 0.3) is 0 Å². The van der Waals surface area contributed by atoms with Gasteiger partial charge in [-0.05, 0) is 51.2 Å². The molecule has 1 rings (SSSR count). The van der Waals surface area contributed by atoms with Crippen molar-refractivity contribution in [3.8, 4) is 0 Å². The largest absolute Gasteiger partial charge is 0.261 e. The minimum atomic E-state index is 1.10. The zero-order valence-corrected chi connectivity index (χ0v) is 10.6. The predicted molar refractivity (Wildman–Crippen MR) is 70.6 cm³/mol. The van der Waals surface area contributed by atoms with E-state index in [1.165, 1.54) is 49.7 Å². The highest BCUT2D eigenvalue weighted by Gasteiger charge is 1.95. The van der Waals surface area contributed by atoms with E-state index in [1.807, 2.05) is 13.1 Å². The lowest BCUT2D eigenvalue weighted by atomic mass is 10.1. The summed E-state index contributed by atoms with van der Waals surface area (Å²) in [4.78, 5) is 4.31. The molecule has 0 unspecified atom stereocenters. The monoisotopic (exact) mass is 217 g/mol. The first kappa shape index (κ1) is 13.0. The molecule has 0 aliphatic heterocycles. The van der Waals surface area contributed by atoms with Crippen LogP contribution in [-0.4, -0.2) is 4.98 Å². The van der Waals surface area contributed by atoms with Crippen LogP contribution < -0.4 is 0 Å². The second-order valence-electron chi connectivity index (χ2n) is 4.68. The fraction of sp³-hybridized carbons (Fsp3) is 0.533. The van der Waals surface area contributed by atoms with Gasteiger partial charge in [-0.2, -0.15) is 0 Å². The lowest BCUT2D eigenvalue weighted by molar-refractivity contribution is 0.638. The first-order valence-electron chi connectivity index (χ1n) is 6.24. The van der Waals surface area contributed by atoms with Crippen molar-refractivity contribution in [2.75, 3.05) is 0 Å². The third-order valence-electron chi connectivity index (χ3n) is 2.79. The van der Waals surface area contributed by atoms with E-state index >= 15 is 0 Å². The molecule has 0 radical (unpaired) electrons. The fourth-order valence-electron chi connectivity index (χ4n) is 1.76. The van der Waals surface area contributed by atoms with Gasteiger partial charge >= 0.3 is 0 Å². The first-order chi connectivity index (χ1) is 7.68.